The second-order valence-corrected chi connectivity index (χ2v) is 4.70. The van der Waals surface area contributed by atoms with Gasteiger partial charge < -0.3 is 10.1 Å². The molecular formula is C12H14BrN5O. The Morgan fingerprint density at radius 1 is 1.53 bits per heavy atom. The van der Waals surface area contributed by atoms with E-state index in [9.17, 15) is 0 Å². The maximum absolute atomic E-state index is 5.31. The Labute approximate surface area is 119 Å². The van der Waals surface area contributed by atoms with Crippen LogP contribution in [0.15, 0.2) is 35.3 Å². The zero-order valence-corrected chi connectivity index (χ0v) is 12.1. The molecule has 2 aromatic rings. The number of benzene rings is 1. The highest BCUT2D eigenvalue weighted by molar-refractivity contribution is 9.10. The van der Waals surface area contributed by atoms with E-state index < -0.39 is 0 Å². The van der Waals surface area contributed by atoms with E-state index in [1.165, 1.54) is 0 Å². The van der Waals surface area contributed by atoms with Gasteiger partial charge in [-0.3, -0.25) is 0 Å². The molecule has 0 aliphatic carbocycles. The molecule has 0 amide bonds. The average molecular weight is 324 g/mol. The molecule has 0 radical (unpaired) electrons. The van der Waals surface area contributed by atoms with Crippen LogP contribution in [0.25, 0.3) is 0 Å². The Morgan fingerprint density at radius 2 is 2.37 bits per heavy atom. The van der Waals surface area contributed by atoms with Crippen molar-refractivity contribution >= 4 is 21.9 Å². The van der Waals surface area contributed by atoms with E-state index in [-0.39, 0.29) is 0 Å². The van der Waals surface area contributed by atoms with E-state index in [0.717, 1.165) is 15.8 Å². The summed E-state index contributed by atoms with van der Waals surface area (Å²) in [5, 5.41) is 14.6. The van der Waals surface area contributed by atoms with E-state index in [4.69, 9.17) is 4.74 Å². The maximum Gasteiger partial charge on any atom is 0.243 e. The Bertz CT molecular complexity index is 569. The number of halogens is 1. The SMILES string of the molecule is C=CCn1nnnc1NCc1cc(Br)ccc1OC. The van der Waals surface area contributed by atoms with Gasteiger partial charge in [0.05, 0.1) is 13.7 Å². The first-order valence-corrected chi connectivity index (χ1v) is 6.47. The highest BCUT2D eigenvalue weighted by Crippen LogP contribution is 2.23. The van der Waals surface area contributed by atoms with Crippen molar-refractivity contribution in [3.8, 4) is 5.75 Å². The van der Waals surface area contributed by atoms with Gasteiger partial charge in [-0.1, -0.05) is 27.1 Å². The van der Waals surface area contributed by atoms with Crippen LogP contribution >= 0.6 is 15.9 Å². The minimum Gasteiger partial charge on any atom is -0.496 e. The van der Waals surface area contributed by atoms with Gasteiger partial charge in [-0.15, -0.1) is 6.58 Å². The molecule has 1 aromatic heterocycles. The van der Waals surface area contributed by atoms with Crippen molar-refractivity contribution in [2.24, 2.45) is 0 Å². The molecule has 0 saturated carbocycles. The van der Waals surface area contributed by atoms with Crippen LogP contribution in [-0.2, 0) is 13.1 Å². The fourth-order valence-corrected chi connectivity index (χ4v) is 2.04. The van der Waals surface area contributed by atoms with Crippen molar-refractivity contribution < 1.29 is 4.74 Å². The quantitative estimate of drug-likeness (QED) is 0.826. The van der Waals surface area contributed by atoms with Gasteiger partial charge in [0.2, 0.25) is 5.95 Å². The van der Waals surface area contributed by atoms with Crippen molar-refractivity contribution in [3.05, 3.63) is 40.9 Å². The lowest BCUT2D eigenvalue weighted by Gasteiger charge is -2.10. The largest absolute Gasteiger partial charge is 0.496 e. The van der Waals surface area contributed by atoms with Gasteiger partial charge in [-0.25, -0.2) is 4.68 Å². The van der Waals surface area contributed by atoms with Crippen LogP contribution in [0.3, 0.4) is 0 Å². The summed E-state index contributed by atoms with van der Waals surface area (Å²) in [6.45, 7) is 4.79. The summed E-state index contributed by atoms with van der Waals surface area (Å²) in [5.41, 5.74) is 1.02. The smallest absolute Gasteiger partial charge is 0.243 e. The summed E-state index contributed by atoms with van der Waals surface area (Å²) < 4.78 is 7.94. The molecule has 0 spiro atoms. The number of hydrogen-bond donors (Lipinski definition) is 1. The van der Waals surface area contributed by atoms with Gasteiger partial charge in [0.1, 0.15) is 5.75 Å². The lowest BCUT2D eigenvalue weighted by Crippen LogP contribution is -2.09. The number of ether oxygens (including phenoxy) is 1. The van der Waals surface area contributed by atoms with Gasteiger partial charge in [0.15, 0.2) is 0 Å². The van der Waals surface area contributed by atoms with E-state index >= 15 is 0 Å². The van der Waals surface area contributed by atoms with Gasteiger partial charge in [0, 0.05) is 16.6 Å². The summed E-state index contributed by atoms with van der Waals surface area (Å²) in [4.78, 5) is 0. The molecule has 2 rings (SSSR count). The first kappa shape index (κ1) is 13.5. The second kappa shape index (κ2) is 6.33. The molecule has 0 bridgehead atoms. The van der Waals surface area contributed by atoms with Crippen LogP contribution in [0.5, 0.6) is 5.75 Å². The van der Waals surface area contributed by atoms with Crippen molar-refractivity contribution in [2.45, 2.75) is 13.1 Å². The second-order valence-electron chi connectivity index (χ2n) is 3.78. The van der Waals surface area contributed by atoms with E-state index in [2.05, 4.69) is 43.4 Å². The van der Waals surface area contributed by atoms with E-state index in [1.807, 2.05) is 18.2 Å². The molecule has 0 saturated heterocycles. The number of allylic oxidation sites excluding steroid dienone is 1. The number of rotatable bonds is 6. The molecule has 0 aliphatic heterocycles. The summed E-state index contributed by atoms with van der Waals surface area (Å²) in [6.07, 6.45) is 1.74. The standard InChI is InChI=1S/C12H14BrN5O/c1-3-6-18-12(15-16-17-18)14-8-9-7-10(13)4-5-11(9)19-2/h3-5,7H,1,6,8H2,2H3,(H,14,15,17). The van der Waals surface area contributed by atoms with Crippen LogP contribution < -0.4 is 10.1 Å². The summed E-state index contributed by atoms with van der Waals surface area (Å²) in [6, 6.07) is 5.84. The Hall–Kier alpha value is -1.89. The zero-order valence-electron chi connectivity index (χ0n) is 10.5. The topological polar surface area (TPSA) is 64.9 Å². The molecule has 1 aromatic carbocycles. The number of hydrogen-bond acceptors (Lipinski definition) is 5. The van der Waals surface area contributed by atoms with Crippen molar-refractivity contribution in [1.29, 1.82) is 0 Å². The molecule has 100 valence electrons. The molecule has 0 unspecified atom stereocenters. The minimum absolute atomic E-state index is 0.560. The fourth-order valence-electron chi connectivity index (χ4n) is 1.64. The number of nitrogens with one attached hydrogen (secondary N) is 1. The summed E-state index contributed by atoms with van der Waals surface area (Å²) >= 11 is 3.44. The lowest BCUT2D eigenvalue weighted by molar-refractivity contribution is 0.410. The predicted octanol–water partition coefficient (Wildman–Crippen LogP) is 2.24. The summed E-state index contributed by atoms with van der Waals surface area (Å²) in [5.74, 6) is 1.42. The highest BCUT2D eigenvalue weighted by atomic mass is 79.9. The van der Waals surface area contributed by atoms with Gasteiger partial charge in [-0.05, 0) is 28.6 Å². The minimum atomic E-state index is 0.560. The molecule has 19 heavy (non-hydrogen) atoms. The van der Waals surface area contributed by atoms with Crippen molar-refractivity contribution in [2.75, 3.05) is 12.4 Å². The Morgan fingerprint density at radius 3 is 3.11 bits per heavy atom. The molecule has 1 heterocycles. The number of nitrogens with zero attached hydrogens (tertiary/aromatic N) is 4. The molecule has 1 N–H and O–H groups in total. The maximum atomic E-state index is 5.31. The molecule has 0 atom stereocenters. The van der Waals surface area contributed by atoms with Crippen LogP contribution in [0.1, 0.15) is 5.56 Å². The van der Waals surface area contributed by atoms with Crippen LogP contribution in [0.2, 0.25) is 0 Å². The number of methoxy groups -OCH3 is 1. The molecule has 6 nitrogen and oxygen atoms in total. The van der Waals surface area contributed by atoms with Crippen LogP contribution in [-0.4, -0.2) is 27.3 Å². The Balaban J connectivity index is 2.11. The third-order valence-electron chi connectivity index (χ3n) is 2.51. The Kier molecular flexibility index (Phi) is 4.51. The lowest BCUT2D eigenvalue weighted by atomic mass is 10.2. The highest BCUT2D eigenvalue weighted by Gasteiger charge is 2.07. The molecular weight excluding hydrogens is 310 g/mol. The first-order valence-electron chi connectivity index (χ1n) is 5.68. The van der Waals surface area contributed by atoms with Crippen LogP contribution in [0.4, 0.5) is 5.95 Å². The number of anilines is 1. The van der Waals surface area contributed by atoms with E-state index in [1.54, 1.807) is 17.9 Å². The fraction of sp³-hybridized carbons (Fsp3) is 0.250. The van der Waals surface area contributed by atoms with Crippen LogP contribution in [0, 0.1) is 0 Å². The molecule has 0 fully saturated rings. The third-order valence-corrected chi connectivity index (χ3v) is 3.01. The van der Waals surface area contributed by atoms with E-state index in [0.29, 0.717) is 19.0 Å². The summed E-state index contributed by atoms with van der Waals surface area (Å²) in [7, 11) is 1.65. The molecule has 7 heteroatoms. The number of aromatic nitrogens is 4. The normalized spacial score (nSPS) is 10.2. The van der Waals surface area contributed by atoms with Crippen molar-refractivity contribution in [3.63, 3.8) is 0 Å². The third kappa shape index (κ3) is 3.31. The van der Waals surface area contributed by atoms with Gasteiger partial charge >= 0.3 is 0 Å². The molecule has 0 aliphatic rings. The van der Waals surface area contributed by atoms with Crippen molar-refractivity contribution in [1.82, 2.24) is 20.2 Å². The van der Waals surface area contributed by atoms with Gasteiger partial charge in [0.25, 0.3) is 0 Å². The first-order chi connectivity index (χ1) is 9.24. The van der Waals surface area contributed by atoms with Gasteiger partial charge in [-0.2, -0.15) is 0 Å². The predicted molar refractivity (Wildman–Crippen MR) is 76.0 cm³/mol. The zero-order chi connectivity index (χ0) is 13.7. The monoisotopic (exact) mass is 323 g/mol. The average Bonchev–Trinajstić information content (AvgIpc) is 2.84. The number of tetrazole rings is 1.